The third kappa shape index (κ3) is 4.17. The second-order valence-electron chi connectivity index (χ2n) is 7.27. The molecular formula is C24H19Cl2NO6. The Kier molecular flexibility index (Phi) is 6.35. The van der Waals surface area contributed by atoms with E-state index in [0.29, 0.717) is 11.5 Å². The number of hydrogen-bond donors (Lipinski definition) is 1. The molecule has 1 unspecified atom stereocenters. The van der Waals surface area contributed by atoms with Crippen molar-refractivity contribution in [2.75, 3.05) is 14.2 Å². The van der Waals surface area contributed by atoms with Crippen LogP contribution in [0.4, 0.5) is 0 Å². The molecule has 0 aliphatic carbocycles. The molecule has 1 N–H and O–H groups in total. The van der Waals surface area contributed by atoms with Crippen molar-refractivity contribution in [3.05, 3.63) is 87.3 Å². The zero-order chi connectivity index (χ0) is 23.7. The number of carbonyl (C=O) groups is 2. The van der Waals surface area contributed by atoms with Gasteiger partial charge in [-0.05, 0) is 42.0 Å². The van der Waals surface area contributed by atoms with Crippen molar-refractivity contribution in [2.24, 2.45) is 0 Å². The summed E-state index contributed by atoms with van der Waals surface area (Å²) in [6.07, 6.45) is 1.43. The highest BCUT2D eigenvalue weighted by molar-refractivity contribution is 6.46. The van der Waals surface area contributed by atoms with Crippen molar-refractivity contribution >= 4 is 40.7 Å². The van der Waals surface area contributed by atoms with E-state index in [1.165, 1.54) is 30.4 Å². The Morgan fingerprint density at radius 3 is 2.39 bits per heavy atom. The molecule has 1 amide bonds. The number of furan rings is 1. The van der Waals surface area contributed by atoms with Crippen molar-refractivity contribution < 1.29 is 28.6 Å². The fourth-order valence-corrected chi connectivity index (χ4v) is 4.44. The summed E-state index contributed by atoms with van der Waals surface area (Å²) in [5, 5.41) is 11.4. The molecule has 1 atom stereocenters. The molecule has 1 aliphatic rings. The van der Waals surface area contributed by atoms with Crippen LogP contribution in [0.1, 0.15) is 22.9 Å². The molecule has 0 saturated carbocycles. The number of benzene rings is 2. The van der Waals surface area contributed by atoms with E-state index in [0.717, 1.165) is 5.56 Å². The van der Waals surface area contributed by atoms with Crippen LogP contribution in [0.3, 0.4) is 0 Å². The third-order valence-corrected chi connectivity index (χ3v) is 5.88. The van der Waals surface area contributed by atoms with Gasteiger partial charge in [0.1, 0.15) is 23.3 Å². The average Bonchev–Trinajstić information content (AvgIpc) is 3.41. The predicted octanol–water partition coefficient (Wildman–Crippen LogP) is 5.23. The average molecular weight is 488 g/mol. The van der Waals surface area contributed by atoms with Crippen molar-refractivity contribution in [2.45, 2.75) is 12.6 Å². The number of halogens is 2. The van der Waals surface area contributed by atoms with Gasteiger partial charge < -0.3 is 23.9 Å². The molecule has 0 radical (unpaired) electrons. The summed E-state index contributed by atoms with van der Waals surface area (Å²) < 4.78 is 15.9. The van der Waals surface area contributed by atoms with E-state index in [1.54, 1.807) is 37.4 Å². The second-order valence-corrected chi connectivity index (χ2v) is 8.08. The Morgan fingerprint density at radius 2 is 1.79 bits per heavy atom. The second kappa shape index (κ2) is 9.21. The Bertz CT molecular complexity index is 1230. The Balaban J connectivity index is 1.83. The monoisotopic (exact) mass is 487 g/mol. The molecule has 1 saturated heterocycles. The first-order valence-electron chi connectivity index (χ1n) is 9.83. The van der Waals surface area contributed by atoms with Crippen LogP contribution in [-0.4, -0.2) is 35.9 Å². The smallest absolute Gasteiger partial charge is 0.296 e. The van der Waals surface area contributed by atoms with Crippen LogP contribution in [0.25, 0.3) is 5.76 Å². The summed E-state index contributed by atoms with van der Waals surface area (Å²) >= 11 is 12.4. The molecule has 33 heavy (non-hydrogen) atoms. The first-order valence-corrected chi connectivity index (χ1v) is 10.6. The molecule has 0 bridgehead atoms. The molecule has 0 spiro atoms. The molecule has 1 aliphatic heterocycles. The maximum absolute atomic E-state index is 13.1. The predicted molar refractivity (Wildman–Crippen MR) is 123 cm³/mol. The molecule has 4 rings (SSSR count). The van der Waals surface area contributed by atoms with Gasteiger partial charge in [0.15, 0.2) is 5.75 Å². The lowest BCUT2D eigenvalue weighted by Crippen LogP contribution is -2.29. The van der Waals surface area contributed by atoms with Gasteiger partial charge in [0.25, 0.3) is 11.7 Å². The lowest BCUT2D eigenvalue weighted by atomic mass is 9.99. The normalized spacial score (nSPS) is 17.5. The fraction of sp³-hybridized carbons (Fsp3) is 0.167. The summed E-state index contributed by atoms with van der Waals surface area (Å²) in [4.78, 5) is 27.5. The van der Waals surface area contributed by atoms with Gasteiger partial charge in [-0.25, -0.2) is 0 Å². The summed E-state index contributed by atoms with van der Waals surface area (Å²) in [5.74, 6) is -0.873. The molecule has 3 aromatic rings. The number of likely N-dealkylation sites (tertiary alicyclic amines) is 1. The van der Waals surface area contributed by atoms with Gasteiger partial charge in [-0.2, -0.15) is 0 Å². The van der Waals surface area contributed by atoms with Gasteiger partial charge >= 0.3 is 0 Å². The summed E-state index contributed by atoms with van der Waals surface area (Å²) in [6, 6.07) is 12.3. The van der Waals surface area contributed by atoms with Crippen molar-refractivity contribution in [1.82, 2.24) is 4.90 Å². The summed E-state index contributed by atoms with van der Waals surface area (Å²) in [7, 11) is 2.95. The van der Waals surface area contributed by atoms with E-state index in [2.05, 4.69) is 0 Å². The van der Waals surface area contributed by atoms with E-state index >= 15 is 0 Å². The number of aliphatic hydroxyl groups is 1. The first kappa shape index (κ1) is 22.8. The van der Waals surface area contributed by atoms with Gasteiger partial charge in [0, 0.05) is 12.1 Å². The molecule has 9 heteroatoms. The van der Waals surface area contributed by atoms with Gasteiger partial charge in [-0.1, -0.05) is 35.3 Å². The number of hydrogen-bond acceptors (Lipinski definition) is 6. The number of ether oxygens (including phenoxy) is 2. The summed E-state index contributed by atoms with van der Waals surface area (Å²) in [6.45, 7) is 0.0913. The fourth-order valence-electron chi connectivity index (χ4n) is 3.80. The SMILES string of the molecule is COc1cccc(CN2C(=O)C(=O)/C(=C(\O)c3cc(Cl)c(OC)c(Cl)c3)C2c2ccco2)c1. The molecule has 1 aromatic heterocycles. The minimum absolute atomic E-state index is 0.0913. The third-order valence-electron chi connectivity index (χ3n) is 5.32. The lowest BCUT2D eigenvalue weighted by molar-refractivity contribution is -0.140. The first-order chi connectivity index (χ1) is 15.8. The van der Waals surface area contributed by atoms with Crippen molar-refractivity contribution in [3.8, 4) is 11.5 Å². The van der Waals surface area contributed by atoms with E-state index in [9.17, 15) is 14.7 Å². The highest BCUT2D eigenvalue weighted by Crippen LogP contribution is 2.42. The van der Waals surface area contributed by atoms with Crippen LogP contribution in [0.2, 0.25) is 10.0 Å². The van der Waals surface area contributed by atoms with Crippen LogP contribution in [0, 0.1) is 0 Å². The van der Waals surface area contributed by atoms with Gasteiger partial charge in [0.05, 0.1) is 36.1 Å². The number of Topliss-reactive ketones (excluding diaryl/α,β-unsaturated/α-hetero) is 1. The molecule has 170 valence electrons. The van der Waals surface area contributed by atoms with Crippen LogP contribution in [-0.2, 0) is 16.1 Å². The van der Waals surface area contributed by atoms with Gasteiger partial charge in [-0.15, -0.1) is 0 Å². The number of methoxy groups -OCH3 is 2. The zero-order valence-corrected chi connectivity index (χ0v) is 19.2. The van der Waals surface area contributed by atoms with Gasteiger partial charge in [-0.3, -0.25) is 9.59 Å². The van der Waals surface area contributed by atoms with E-state index in [1.807, 2.05) is 6.07 Å². The van der Waals surface area contributed by atoms with E-state index in [4.69, 9.17) is 37.1 Å². The number of amides is 1. The summed E-state index contributed by atoms with van der Waals surface area (Å²) in [5.41, 5.74) is 0.778. The molecule has 2 heterocycles. The topological polar surface area (TPSA) is 89.2 Å². The Morgan fingerprint density at radius 1 is 1.06 bits per heavy atom. The van der Waals surface area contributed by atoms with Crippen molar-refractivity contribution in [3.63, 3.8) is 0 Å². The highest BCUT2D eigenvalue weighted by atomic mass is 35.5. The maximum Gasteiger partial charge on any atom is 0.296 e. The van der Waals surface area contributed by atoms with Crippen LogP contribution in [0.5, 0.6) is 11.5 Å². The number of rotatable bonds is 6. The largest absolute Gasteiger partial charge is 0.507 e. The number of ketones is 1. The standard InChI is InChI=1S/C24H19Cl2NO6/c1-31-15-6-3-5-13(9-15)12-27-20(18-7-4-8-33-18)19(22(29)24(27)30)21(28)14-10-16(25)23(32-2)17(26)11-14/h3-11,20,28H,12H2,1-2H3/b21-19-. The van der Waals surface area contributed by atoms with Crippen LogP contribution < -0.4 is 9.47 Å². The zero-order valence-electron chi connectivity index (χ0n) is 17.7. The van der Waals surface area contributed by atoms with Crippen LogP contribution in [0.15, 0.2) is 64.8 Å². The number of aliphatic hydroxyl groups excluding tert-OH is 1. The van der Waals surface area contributed by atoms with Crippen molar-refractivity contribution in [1.29, 1.82) is 0 Å². The lowest BCUT2D eigenvalue weighted by Gasteiger charge is -2.23. The molecule has 1 fully saturated rings. The quantitative estimate of drug-likeness (QED) is 0.291. The Labute approximate surface area is 199 Å². The van der Waals surface area contributed by atoms with Crippen LogP contribution >= 0.6 is 23.2 Å². The highest BCUT2D eigenvalue weighted by Gasteiger charge is 2.47. The van der Waals surface area contributed by atoms with E-state index < -0.39 is 23.5 Å². The molecule has 7 nitrogen and oxygen atoms in total. The minimum atomic E-state index is -0.953. The molecule has 2 aromatic carbocycles. The number of carbonyl (C=O) groups excluding carboxylic acids is 2. The maximum atomic E-state index is 13.1. The van der Waals surface area contributed by atoms with E-state index in [-0.39, 0.29) is 33.5 Å². The van der Waals surface area contributed by atoms with Gasteiger partial charge in [0.2, 0.25) is 0 Å². The molecular weight excluding hydrogens is 469 g/mol. The minimum Gasteiger partial charge on any atom is -0.507 e. The number of nitrogens with zero attached hydrogens (tertiary/aromatic N) is 1. The Hall–Kier alpha value is -3.42.